The SMILES string of the molecule is Cl.O=C(Cc1ccc([N+](=O)[O-])cc1)NCC1NCCc2ccccc21. The Morgan fingerprint density at radius 3 is 2.64 bits per heavy atom. The average molecular weight is 362 g/mol. The number of benzene rings is 2. The Kier molecular flexibility index (Phi) is 6.50. The van der Waals surface area contributed by atoms with Gasteiger partial charge in [0.15, 0.2) is 0 Å². The topological polar surface area (TPSA) is 84.3 Å². The second-order valence-corrected chi connectivity index (χ2v) is 5.86. The maximum Gasteiger partial charge on any atom is 0.269 e. The summed E-state index contributed by atoms with van der Waals surface area (Å²) in [7, 11) is 0. The van der Waals surface area contributed by atoms with Crippen molar-refractivity contribution in [3.05, 3.63) is 75.3 Å². The third-order valence-corrected chi connectivity index (χ3v) is 4.23. The van der Waals surface area contributed by atoms with Crippen LogP contribution < -0.4 is 10.6 Å². The van der Waals surface area contributed by atoms with Gasteiger partial charge in [-0.1, -0.05) is 36.4 Å². The summed E-state index contributed by atoms with van der Waals surface area (Å²) in [6, 6.07) is 14.5. The van der Waals surface area contributed by atoms with Crippen molar-refractivity contribution in [2.45, 2.75) is 18.9 Å². The first-order valence-electron chi connectivity index (χ1n) is 7.94. The summed E-state index contributed by atoms with van der Waals surface area (Å²) in [4.78, 5) is 22.3. The Balaban J connectivity index is 0.00000225. The van der Waals surface area contributed by atoms with E-state index >= 15 is 0 Å². The van der Waals surface area contributed by atoms with Gasteiger partial charge < -0.3 is 10.6 Å². The summed E-state index contributed by atoms with van der Waals surface area (Å²) in [6.45, 7) is 1.43. The molecule has 1 unspecified atom stereocenters. The van der Waals surface area contributed by atoms with Crippen molar-refractivity contribution in [2.75, 3.05) is 13.1 Å². The summed E-state index contributed by atoms with van der Waals surface area (Å²) in [5, 5.41) is 17.0. The molecule has 2 aromatic carbocycles. The molecule has 2 N–H and O–H groups in total. The predicted molar refractivity (Wildman–Crippen MR) is 97.9 cm³/mol. The van der Waals surface area contributed by atoms with E-state index < -0.39 is 4.92 Å². The third kappa shape index (κ3) is 4.78. The van der Waals surface area contributed by atoms with Crippen molar-refractivity contribution in [1.29, 1.82) is 0 Å². The van der Waals surface area contributed by atoms with E-state index in [-0.39, 0.29) is 36.5 Å². The highest BCUT2D eigenvalue weighted by Crippen LogP contribution is 2.21. The highest BCUT2D eigenvalue weighted by Gasteiger charge is 2.19. The molecule has 1 heterocycles. The Hall–Kier alpha value is -2.44. The summed E-state index contributed by atoms with van der Waals surface area (Å²) < 4.78 is 0. The van der Waals surface area contributed by atoms with E-state index in [1.165, 1.54) is 23.3 Å². The van der Waals surface area contributed by atoms with Crippen molar-refractivity contribution < 1.29 is 9.72 Å². The van der Waals surface area contributed by atoms with Gasteiger partial charge in [0, 0.05) is 24.7 Å². The van der Waals surface area contributed by atoms with Gasteiger partial charge in [0.25, 0.3) is 5.69 Å². The average Bonchev–Trinajstić information content (AvgIpc) is 2.60. The number of nitrogens with one attached hydrogen (secondary N) is 2. The fourth-order valence-corrected chi connectivity index (χ4v) is 2.97. The lowest BCUT2D eigenvalue weighted by atomic mass is 9.94. The maximum absolute atomic E-state index is 12.1. The van der Waals surface area contributed by atoms with Gasteiger partial charge in [-0.3, -0.25) is 14.9 Å². The summed E-state index contributed by atoms with van der Waals surface area (Å²) in [6.07, 6.45) is 1.22. The Morgan fingerprint density at radius 1 is 1.20 bits per heavy atom. The van der Waals surface area contributed by atoms with Gasteiger partial charge in [-0.05, 0) is 29.7 Å². The van der Waals surface area contributed by atoms with Gasteiger partial charge in [0.1, 0.15) is 0 Å². The maximum atomic E-state index is 12.1. The molecule has 0 radical (unpaired) electrons. The molecule has 0 spiro atoms. The predicted octanol–water partition coefficient (Wildman–Crippen LogP) is 2.56. The van der Waals surface area contributed by atoms with E-state index in [1.54, 1.807) is 12.1 Å². The van der Waals surface area contributed by atoms with E-state index in [9.17, 15) is 14.9 Å². The molecular weight excluding hydrogens is 342 g/mol. The van der Waals surface area contributed by atoms with Crippen molar-refractivity contribution in [2.24, 2.45) is 0 Å². The summed E-state index contributed by atoms with van der Waals surface area (Å²) >= 11 is 0. The fraction of sp³-hybridized carbons (Fsp3) is 0.278. The van der Waals surface area contributed by atoms with Crippen LogP contribution in [0.3, 0.4) is 0 Å². The van der Waals surface area contributed by atoms with Crippen LogP contribution >= 0.6 is 12.4 Å². The monoisotopic (exact) mass is 361 g/mol. The van der Waals surface area contributed by atoms with Crippen molar-refractivity contribution in [3.8, 4) is 0 Å². The highest BCUT2D eigenvalue weighted by atomic mass is 35.5. The fourth-order valence-electron chi connectivity index (χ4n) is 2.97. The smallest absolute Gasteiger partial charge is 0.269 e. The molecule has 1 aliphatic rings. The number of amides is 1. The van der Waals surface area contributed by atoms with Crippen LogP contribution in [0.4, 0.5) is 5.69 Å². The van der Waals surface area contributed by atoms with Crippen molar-refractivity contribution in [3.63, 3.8) is 0 Å². The van der Waals surface area contributed by atoms with E-state index in [4.69, 9.17) is 0 Å². The van der Waals surface area contributed by atoms with Gasteiger partial charge in [-0.2, -0.15) is 0 Å². The number of nitro benzene ring substituents is 1. The zero-order valence-corrected chi connectivity index (χ0v) is 14.4. The molecule has 25 heavy (non-hydrogen) atoms. The van der Waals surface area contributed by atoms with Crippen LogP contribution in [-0.2, 0) is 17.6 Å². The van der Waals surface area contributed by atoms with E-state index in [1.807, 2.05) is 12.1 Å². The van der Waals surface area contributed by atoms with Gasteiger partial charge in [-0.15, -0.1) is 12.4 Å². The normalized spacial score (nSPS) is 15.6. The van der Waals surface area contributed by atoms with Crippen LogP contribution in [0, 0.1) is 10.1 Å². The Bertz CT molecular complexity index is 749. The lowest BCUT2D eigenvalue weighted by molar-refractivity contribution is -0.384. The lowest BCUT2D eigenvalue weighted by Crippen LogP contribution is -2.39. The third-order valence-electron chi connectivity index (χ3n) is 4.23. The number of carbonyl (C=O) groups is 1. The van der Waals surface area contributed by atoms with Gasteiger partial charge in [0.2, 0.25) is 5.91 Å². The van der Waals surface area contributed by atoms with E-state index in [0.29, 0.717) is 6.54 Å². The van der Waals surface area contributed by atoms with E-state index in [2.05, 4.69) is 22.8 Å². The number of hydrogen-bond acceptors (Lipinski definition) is 4. The van der Waals surface area contributed by atoms with Crippen LogP contribution in [0.5, 0.6) is 0 Å². The molecular formula is C18H20ClN3O3. The number of nitrogens with zero attached hydrogens (tertiary/aromatic N) is 1. The number of nitro groups is 1. The first-order valence-corrected chi connectivity index (χ1v) is 7.94. The number of fused-ring (bicyclic) bond motifs is 1. The molecule has 0 aliphatic carbocycles. The molecule has 1 amide bonds. The molecule has 0 saturated carbocycles. The van der Waals surface area contributed by atoms with Crippen LogP contribution in [0.2, 0.25) is 0 Å². The number of carbonyl (C=O) groups excluding carboxylic acids is 1. The van der Waals surface area contributed by atoms with Gasteiger partial charge in [-0.25, -0.2) is 0 Å². The van der Waals surface area contributed by atoms with Crippen molar-refractivity contribution in [1.82, 2.24) is 10.6 Å². The van der Waals surface area contributed by atoms with Crippen LogP contribution in [0.25, 0.3) is 0 Å². The quantitative estimate of drug-likeness (QED) is 0.633. The van der Waals surface area contributed by atoms with Crippen LogP contribution in [-0.4, -0.2) is 23.9 Å². The first kappa shape index (κ1) is 18.9. The van der Waals surface area contributed by atoms with Gasteiger partial charge in [0.05, 0.1) is 11.3 Å². The molecule has 0 fully saturated rings. The summed E-state index contributed by atoms with van der Waals surface area (Å²) in [5.74, 6) is -0.0892. The summed E-state index contributed by atoms with van der Waals surface area (Å²) in [5.41, 5.74) is 3.35. The van der Waals surface area contributed by atoms with E-state index in [0.717, 1.165) is 18.5 Å². The lowest BCUT2D eigenvalue weighted by Gasteiger charge is -2.27. The Labute approximate surface area is 152 Å². The Morgan fingerprint density at radius 2 is 1.92 bits per heavy atom. The second kappa shape index (κ2) is 8.60. The number of hydrogen-bond donors (Lipinski definition) is 2. The molecule has 2 aromatic rings. The minimum absolute atomic E-state index is 0. The van der Waals surface area contributed by atoms with Gasteiger partial charge >= 0.3 is 0 Å². The minimum atomic E-state index is -0.448. The number of rotatable bonds is 5. The zero-order valence-electron chi connectivity index (χ0n) is 13.6. The molecule has 0 bridgehead atoms. The molecule has 132 valence electrons. The highest BCUT2D eigenvalue weighted by molar-refractivity contribution is 5.85. The minimum Gasteiger partial charge on any atom is -0.354 e. The number of non-ortho nitro benzene ring substituents is 1. The molecule has 3 rings (SSSR count). The standard InChI is InChI=1S/C18H19N3O3.ClH/c22-18(11-13-5-7-15(8-6-13)21(23)24)20-12-17-16-4-2-1-3-14(16)9-10-19-17;/h1-8,17,19H,9-12H2,(H,20,22);1H. The molecule has 0 aromatic heterocycles. The molecule has 6 nitrogen and oxygen atoms in total. The van der Waals surface area contributed by atoms with Crippen molar-refractivity contribution >= 4 is 24.0 Å². The zero-order chi connectivity index (χ0) is 16.9. The number of halogens is 1. The largest absolute Gasteiger partial charge is 0.354 e. The van der Waals surface area contributed by atoms with Crippen LogP contribution in [0.1, 0.15) is 22.7 Å². The molecule has 0 saturated heterocycles. The second-order valence-electron chi connectivity index (χ2n) is 5.86. The molecule has 7 heteroatoms. The molecule has 1 atom stereocenters. The molecule has 1 aliphatic heterocycles. The first-order chi connectivity index (χ1) is 11.6. The van der Waals surface area contributed by atoms with Crippen LogP contribution in [0.15, 0.2) is 48.5 Å².